The SMILES string of the molecule is O=C(CCC1CCCC1)N1CCN(S(=O)(=O)c2cc(F)ccc2F)CC1. The summed E-state index contributed by atoms with van der Waals surface area (Å²) < 4.78 is 53.4. The van der Waals surface area contributed by atoms with Gasteiger partial charge in [-0.05, 0) is 30.5 Å². The molecule has 1 aromatic rings. The number of carbonyl (C=O) groups is 1. The lowest BCUT2D eigenvalue weighted by Crippen LogP contribution is -2.50. The van der Waals surface area contributed by atoms with Crippen molar-refractivity contribution in [2.24, 2.45) is 5.92 Å². The summed E-state index contributed by atoms with van der Waals surface area (Å²) in [5, 5.41) is 0. The molecule has 0 aromatic heterocycles. The van der Waals surface area contributed by atoms with Crippen molar-refractivity contribution in [1.29, 1.82) is 0 Å². The molecule has 1 amide bonds. The normalized spacial score (nSPS) is 19.8. The van der Waals surface area contributed by atoms with E-state index < -0.39 is 26.6 Å². The fraction of sp³-hybridized carbons (Fsp3) is 0.611. The number of halogens is 2. The molecule has 0 spiro atoms. The molecule has 5 nitrogen and oxygen atoms in total. The smallest absolute Gasteiger partial charge is 0.246 e. The molecule has 1 aromatic carbocycles. The fourth-order valence-electron chi connectivity index (χ4n) is 3.78. The van der Waals surface area contributed by atoms with Crippen molar-refractivity contribution >= 4 is 15.9 Å². The van der Waals surface area contributed by atoms with Crippen LogP contribution in [0.2, 0.25) is 0 Å². The molecule has 2 aliphatic rings. The van der Waals surface area contributed by atoms with Crippen LogP contribution in [-0.2, 0) is 14.8 Å². The molecule has 1 aliphatic carbocycles. The molecule has 8 heteroatoms. The number of carbonyl (C=O) groups excluding carboxylic acids is 1. The highest BCUT2D eigenvalue weighted by Gasteiger charge is 2.32. The number of piperazine rings is 1. The monoisotopic (exact) mass is 386 g/mol. The second kappa shape index (κ2) is 8.00. The van der Waals surface area contributed by atoms with E-state index in [0.717, 1.165) is 22.9 Å². The van der Waals surface area contributed by atoms with Crippen LogP contribution in [0.5, 0.6) is 0 Å². The first kappa shape index (κ1) is 19.2. The number of rotatable bonds is 5. The molecule has 0 radical (unpaired) electrons. The van der Waals surface area contributed by atoms with E-state index in [1.807, 2.05) is 0 Å². The molecule has 0 N–H and O–H groups in total. The predicted molar refractivity (Wildman–Crippen MR) is 92.9 cm³/mol. The van der Waals surface area contributed by atoms with E-state index in [9.17, 15) is 22.0 Å². The van der Waals surface area contributed by atoms with Crippen LogP contribution in [0.4, 0.5) is 8.78 Å². The third-order valence-electron chi connectivity index (χ3n) is 5.34. The number of hydrogen-bond acceptors (Lipinski definition) is 3. The zero-order valence-corrected chi connectivity index (χ0v) is 15.5. The highest BCUT2D eigenvalue weighted by Crippen LogP contribution is 2.29. The van der Waals surface area contributed by atoms with E-state index in [-0.39, 0.29) is 32.1 Å². The van der Waals surface area contributed by atoms with E-state index in [2.05, 4.69) is 0 Å². The molecule has 1 heterocycles. The maximum absolute atomic E-state index is 13.8. The first-order valence-corrected chi connectivity index (χ1v) is 10.5. The molecule has 1 aliphatic heterocycles. The van der Waals surface area contributed by atoms with Crippen molar-refractivity contribution in [3.8, 4) is 0 Å². The Bertz CT molecular complexity index is 756. The average molecular weight is 386 g/mol. The Morgan fingerprint density at radius 3 is 2.38 bits per heavy atom. The van der Waals surface area contributed by atoms with Crippen LogP contribution in [0.25, 0.3) is 0 Å². The van der Waals surface area contributed by atoms with Gasteiger partial charge < -0.3 is 4.90 Å². The van der Waals surface area contributed by atoms with Crippen LogP contribution >= 0.6 is 0 Å². The molecule has 0 bridgehead atoms. The van der Waals surface area contributed by atoms with E-state index in [1.165, 1.54) is 25.7 Å². The van der Waals surface area contributed by atoms with Crippen LogP contribution in [-0.4, -0.2) is 49.7 Å². The maximum atomic E-state index is 13.8. The Hall–Kier alpha value is -1.54. The third-order valence-corrected chi connectivity index (χ3v) is 7.26. The Morgan fingerprint density at radius 2 is 1.73 bits per heavy atom. The molecular formula is C18H24F2N2O3S. The summed E-state index contributed by atoms with van der Waals surface area (Å²) in [6, 6.07) is 2.39. The lowest BCUT2D eigenvalue weighted by Gasteiger charge is -2.34. The van der Waals surface area contributed by atoms with Crippen LogP contribution in [0.1, 0.15) is 38.5 Å². The van der Waals surface area contributed by atoms with E-state index in [0.29, 0.717) is 18.4 Å². The molecular weight excluding hydrogens is 362 g/mol. The summed E-state index contributed by atoms with van der Waals surface area (Å²) in [6.07, 6.45) is 6.26. The van der Waals surface area contributed by atoms with Gasteiger partial charge in [0, 0.05) is 32.6 Å². The average Bonchev–Trinajstić information content (AvgIpc) is 3.15. The van der Waals surface area contributed by atoms with Crippen molar-refractivity contribution < 1.29 is 22.0 Å². The first-order chi connectivity index (χ1) is 12.4. The van der Waals surface area contributed by atoms with Crippen molar-refractivity contribution in [1.82, 2.24) is 9.21 Å². The number of benzene rings is 1. The zero-order valence-electron chi connectivity index (χ0n) is 14.7. The third kappa shape index (κ3) is 4.23. The highest BCUT2D eigenvalue weighted by atomic mass is 32.2. The van der Waals surface area contributed by atoms with Gasteiger partial charge in [0.1, 0.15) is 16.5 Å². The molecule has 0 unspecified atom stereocenters. The standard InChI is InChI=1S/C18H24F2N2O3S/c19-15-6-7-16(20)17(13-15)26(24,25)22-11-9-21(10-12-22)18(23)8-5-14-3-1-2-4-14/h6-7,13-14H,1-5,8-12H2. The Balaban J connectivity index is 1.57. The Morgan fingerprint density at radius 1 is 1.08 bits per heavy atom. The van der Waals surface area contributed by atoms with Gasteiger partial charge >= 0.3 is 0 Å². The minimum absolute atomic E-state index is 0.0471. The van der Waals surface area contributed by atoms with Crippen molar-refractivity contribution in [3.63, 3.8) is 0 Å². The van der Waals surface area contributed by atoms with Crippen LogP contribution in [0.15, 0.2) is 23.1 Å². The number of sulfonamides is 1. The van der Waals surface area contributed by atoms with Gasteiger partial charge in [0.05, 0.1) is 0 Å². The van der Waals surface area contributed by atoms with Gasteiger partial charge in [-0.25, -0.2) is 17.2 Å². The number of hydrogen-bond donors (Lipinski definition) is 0. The van der Waals surface area contributed by atoms with E-state index in [4.69, 9.17) is 0 Å². The second-order valence-electron chi connectivity index (χ2n) is 7.05. The van der Waals surface area contributed by atoms with Crippen molar-refractivity contribution in [2.45, 2.75) is 43.4 Å². The van der Waals surface area contributed by atoms with E-state index in [1.54, 1.807) is 4.90 Å². The topological polar surface area (TPSA) is 57.7 Å². The van der Waals surface area contributed by atoms with Crippen LogP contribution < -0.4 is 0 Å². The zero-order chi connectivity index (χ0) is 18.7. The van der Waals surface area contributed by atoms with Gasteiger partial charge in [-0.2, -0.15) is 4.31 Å². The Labute approximate surface area is 153 Å². The van der Waals surface area contributed by atoms with Gasteiger partial charge in [-0.3, -0.25) is 4.79 Å². The van der Waals surface area contributed by atoms with E-state index >= 15 is 0 Å². The summed E-state index contributed by atoms with van der Waals surface area (Å²) in [6.45, 7) is 0.736. The molecule has 1 saturated carbocycles. The van der Waals surface area contributed by atoms with Gasteiger partial charge in [0.15, 0.2) is 0 Å². The number of nitrogens with zero attached hydrogens (tertiary/aromatic N) is 2. The van der Waals surface area contributed by atoms with Gasteiger partial charge in [-0.15, -0.1) is 0 Å². The molecule has 26 heavy (non-hydrogen) atoms. The summed E-state index contributed by atoms with van der Waals surface area (Å²) in [5.74, 6) is -1.09. The minimum Gasteiger partial charge on any atom is -0.340 e. The quantitative estimate of drug-likeness (QED) is 0.782. The molecule has 2 fully saturated rings. The van der Waals surface area contributed by atoms with Crippen molar-refractivity contribution in [2.75, 3.05) is 26.2 Å². The first-order valence-electron chi connectivity index (χ1n) is 9.11. The van der Waals surface area contributed by atoms with Gasteiger partial charge in [-0.1, -0.05) is 25.7 Å². The van der Waals surface area contributed by atoms with Gasteiger partial charge in [0.2, 0.25) is 15.9 Å². The predicted octanol–water partition coefficient (Wildman–Crippen LogP) is 2.77. The summed E-state index contributed by atoms with van der Waals surface area (Å²) in [4.78, 5) is 13.3. The summed E-state index contributed by atoms with van der Waals surface area (Å²) in [7, 11) is -4.11. The van der Waals surface area contributed by atoms with Crippen molar-refractivity contribution in [3.05, 3.63) is 29.8 Å². The highest BCUT2D eigenvalue weighted by molar-refractivity contribution is 7.89. The Kier molecular flexibility index (Phi) is 5.92. The maximum Gasteiger partial charge on any atom is 0.246 e. The number of amides is 1. The molecule has 0 atom stereocenters. The minimum atomic E-state index is -4.11. The second-order valence-corrected chi connectivity index (χ2v) is 8.96. The summed E-state index contributed by atoms with van der Waals surface area (Å²) in [5.41, 5.74) is 0. The molecule has 3 rings (SSSR count). The largest absolute Gasteiger partial charge is 0.340 e. The van der Waals surface area contributed by atoms with Crippen LogP contribution in [0, 0.1) is 17.6 Å². The van der Waals surface area contributed by atoms with Gasteiger partial charge in [0.25, 0.3) is 0 Å². The lowest BCUT2D eigenvalue weighted by atomic mass is 10.0. The summed E-state index contributed by atoms with van der Waals surface area (Å²) >= 11 is 0. The fourth-order valence-corrected chi connectivity index (χ4v) is 5.27. The van der Waals surface area contributed by atoms with Crippen LogP contribution in [0.3, 0.4) is 0 Å². The molecule has 1 saturated heterocycles. The lowest BCUT2D eigenvalue weighted by molar-refractivity contribution is -0.132. The molecule has 144 valence electrons.